The van der Waals surface area contributed by atoms with Crippen LogP contribution in [-0.4, -0.2) is 24.7 Å². The van der Waals surface area contributed by atoms with Crippen LogP contribution in [0.15, 0.2) is 29.9 Å². The number of nitrogens with zero attached hydrogens (tertiary/aromatic N) is 1. The first-order chi connectivity index (χ1) is 11.4. The van der Waals surface area contributed by atoms with Crippen LogP contribution >= 0.6 is 11.3 Å². The topological polar surface area (TPSA) is 60.5 Å². The van der Waals surface area contributed by atoms with Crippen molar-refractivity contribution in [2.75, 3.05) is 13.7 Å². The van der Waals surface area contributed by atoms with Crippen molar-refractivity contribution in [3.8, 4) is 11.1 Å². The van der Waals surface area contributed by atoms with Crippen LogP contribution in [0.3, 0.4) is 0 Å². The van der Waals surface area contributed by atoms with Gasteiger partial charge >= 0.3 is 6.09 Å². The zero-order valence-electron chi connectivity index (χ0n) is 14.3. The highest BCUT2D eigenvalue weighted by atomic mass is 32.1. The van der Waals surface area contributed by atoms with Crippen molar-refractivity contribution >= 4 is 17.4 Å². The van der Waals surface area contributed by atoms with Gasteiger partial charge in [-0.25, -0.2) is 4.79 Å². The minimum atomic E-state index is -0.694. The smallest absolute Gasteiger partial charge is 0.409 e. The van der Waals surface area contributed by atoms with Gasteiger partial charge in [0.2, 0.25) is 6.29 Å². The Morgan fingerprint density at radius 2 is 2.25 bits per heavy atom. The first-order valence-corrected chi connectivity index (χ1v) is 8.81. The Hall–Kier alpha value is -1.92. The number of hydrogen-bond acceptors (Lipinski definition) is 5. The van der Waals surface area contributed by atoms with E-state index in [2.05, 4.69) is 36.5 Å². The van der Waals surface area contributed by atoms with E-state index in [1.54, 1.807) is 24.6 Å². The predicted molar refractivity (Wildman–Crippen MR) is 94.0 cm³/mol. The van der Waals surface area contributed by atoms with Gasteiger partial charge in [0, 0.05) is 46.9 Å². The number of nitrogens with one attached hydrogen (secondary N) is 1. The zero-order valence-corrected chi connectivity index (χ0v) is 15.1. The van der Waals surface area contributed by atoms with Crippen LogP contribution in [0.25, 0.3) is 11.1 Å². The Labute approximate surface area is 146 Å². The van der Waals surface area contributed by atoms with Gasteiger partial charge in [-0.2, -0.15) is 0 Å². The standard InChI is InChI=1S/C18H22N2O3S/c1-18(2,3)13-9-22-16(23-17(21)19-4)14-12(10-24-15(13)14)11-6-5-7-20-8-11/h5-8,10,13,16H,9H2,1-4H3,(H,19,21). The monoisotopic (exact) mass is 346 g/mol. The summed E-state index contributed by atoms with van der Waals surface area (Å²) in [6, 6.07) is 3.91. The maximum Gasteiger partial charge on any atom is 0.409 e. The average molecular weight is 346 g/mol. The molecule has 24 heavy (non-hydrogen) atoms. The van der Waals surface area contributed by atoms with Gasteiger partial charge in [-0.3, -0.25) is 4.98 Å². The highest BCUT2D eigenvalue weighted by Gasteiger charge is 2.39. The largest absolute Gasteiger partial charge is 0.415 e. The number of alkyl carbamates (subject to hydrolysis) is 1. The molecule has 6 heteroatoms. The van der Waals surface area contributed by atoms with E-state index in [9.17, 15) is 4.79 Å². The molecule has 5 nitrogen and oxygen atoms in total. The quantitative estimate of drug-likeness (QED) is 0.879. The number of rotatable bonds is 2. The van der Waals surface area contributed by atoms with Crippen molar-refractivity contribution in [3.05, 3.63) is 40.3 Å². The molecule has 2 unspecified atom stereocenters. The SMILES string of the molecule is CNC(=O)OC1OCC(C(C)(C)C)c2scc(-c3cccnc3)c21. The van der Waals surface area contributed by atoms with E-state index in [1.807, 2.05) is 18.3 Å². The third kappa shape index (κ3) is 3.16. The molecule has 3 heterocycles. The highest BCUT2D eigenvalue weighted by molar-refractivity contribution is 7.10. The summed E-state index contributed by atoms with van der Waals surface area (Å²) >= 11 is 1.70. The van der Waals surface area contributed by atoms with Crippen LogP contribution < -0.4 is 5.32 Å². The summed E-state index contributed by atoms with van der Waals surface area (Å²) in [5.41, 5.74) is 3.02. The van der Waals surface area contributed by atoms with Crippen molar-refractivity contribution in [2.45, 2.75) is 33.0 Å². The van der Waals surface area contributed by atoms with E-state index in [0.29, 0.717) is 6.61 Å². The summed E-state index contributed by atoms with van der Waals surface area (Å²) in [6.07, 6.45) is 2.37. The number of thiophene rings is 1. The third-order valence-electron chi connectivity index (χ3n) is 4.26. The van der Waals surface area contributed by atoms with Crippen molar-refractivity contribution in [1.82, 2.24) is 10.3 Å². The Morgan fingerprint density at radius 3 is 2.88 bits per heavy atom. The summed E-state index contributed by atoms with van der Waals surface area (Å²) in [5, 5.41) is 4.59. The van der Waals surface area contributed by atoms with Crippen LogP contribution in [0.2, 0.25) is 0 Å². The van der Waals surface area contributed by atoms with E-state index >= 15 is 0 Å². The Kier molecular flexibility index (Phi) is 4.60. The zero-order chi connectivity index (χ0) is 17.3. The van der Waals surface area contributed by atoms with E-state index < -0.39 is 12.4 Å². The number of carbonyl (C=O) groups is 1. The number of carbonyl (C=O) groups excluding carboxylic acids is 1. The first kappa shape index (κ1) is 16.9. The molecule has 0 bridgehead atoms. The van der Waals surface area contributed by atoms with Gasteiger partial charge in [-0.15, -0.1) is 11.3 Å². The van der Waals surface area contributed by atoms with E-state index in [0.717, 1.165) is 16.7 Å². The summed E-state index contributed by atoms with van der Waals surface area (Å²) in [6.45, 7) is 7.14. The van der Waals surface area contributed by atoms with Crippen LogP contribution in [0.5, 0.6) is 0 Å². The highest BCUT2D eigenvalue weighted by Crippen LogP contribution is 2.49. The van der Waals surface area contributed by atoms with Crippen LogP contribution in [0.1, 0.15) is 43.4 Å². The second kappa shape index (κ2) is 6.53. The maximum atomic E-state index is 11.7. The Morgan fingerprint density at radius 1 is 1.46 bits per heavy atom. The third-order valence-corrected chi connectivity index (χ3v) is 5.37. The number of aromatic nitrogens is 1. The number of pyridine rings is 1. The minimum Gasteiger partial charge on any atom is -0.415 e. The molecule has 1 aliphatic rings. The molecular weight excluding hydrogens is 324 g/mol. The van der Waals surface area contributed by atoms with Crippen LogP contribution in [0.4, 0.5) is 4.79 Å². The van der Waals surface area contributed by atoms with Gasteiger partial charge < -0.3 is 14.8 Å². The molecule has 0 spiro atoms. The van der Waals surface area contributed by atoms with Gasteiger partial charge in [-0.05, 0) is 16.9 Å². The van der Waals surface area contributed by atoms with E-state index in [1.165, 1.54) is 4.88 Å². The normalized spacial score (nSPS) is 20.3. The number of ether oxygens (including phenoxy) is 2. The molecule has 2 atom stereocenters. The molecule has 2 aromatic rings. The second-order valence-electron chi connectivity index (χ2n) is 6.91. The molecule has 1 aliphatic heterocycles. The first-order valence-electron chi connectivity index (χ1n) is 7.93. The molecule has 128 valence electrons. The summed E-state index contributed by atoms with van der Waals surface area (Å²) in [4.78, 5) is 17.1. The fourth-order valence-corrected chi connectivity index (χ4v) is 4.30. The lowest BCUT2D eigenvalue weighted by Crippen LogP contribution is -2.32. The molecule has 0 saturated heterocycles. The van der Waals surface area contributed by atoms with Crippen LogP contribution in [0, 0.1) is 5.41 Å². The van der Waals surface area contributed by atoms with Gasteiger partial charge in [0.25, 0.3) is 0 Å². The van der Waals surface area contributed by atoms with Gasteiger partial charge in [0.05, 0.1) is 6.61 Å². The summed E-state index contributed by atoms with van der Waals surface area (Å²) in [5.74, 6) is 0.257. The summed E-state index contributed by atoms with van der Waals surface area (Å²) in [7, 11) is 1.54. The Bertz CT molecular complexity index is 722. The average Bonchev–Trinajstić information content (AvgIpc) is 3.00. The molecule has 0 aliphatic carbocycles. The molecule has 1 amide bonds. The van der Waals surface area contributed by atoms with Crippen LogP contribution in [-0.2, 0) is 9.47 Å². The minimum absolute atomic E-state index is 0.0593. The number of amides is 1. The van der Waals surface area contributed by atoms with Crippen molar-refractivity contribution in [3.63, 3.8) is 0 Å². The van der Waals surface area contributed by atoms with Gasteiger partial charge in [0.1, 0.15) is 0 Å². The molecule has 0 fully saturated rings. The molecular formula is C18H22N2O3S. The maximum absolute atomic E-state index is 11.7. The molecule has 0 aromatic carbocycles. The van der Waals surface area contributed by atoms with Gasteiger partial charge in [0.15, 0.2) is 0 Å². The van der Waals surface area contributed by atoms with E-state index in [-0.39, 0.29) is 11.3 Å². The lowest BCUT2D eigenvalue weighted by molar-refractivity contribution is -0.126. The van der Waals surface area contributed by atoms with Crippen molar-refractivity contribution in [1.29, 1.82) is 0 Å². The second-order valence-corrected chi connectivity index (χ2v) is 7.82. The fraction of sp³-hybridized carbons (Fsp3) is 0.444. The van der Waals surface area contributed by atoms with E-state index in [4.69, 9.17) is 9.47 Å². The molecule has 3 rings (SSSR count). The molecule has 0 radical (unpaired) electrons. The molecule has 1 N–H and O–H groups in total. The predicted octanol–water partition coefficient (Wildman–Crippen LogP) is 4.32. The van der Waals surface area contributed by atoms with Crippen molar-refractivity contribution < 1.29 is 14.3 Å². The number of fused-ring (bicyclic) bond motifs is 1. The lowest BCUT2D eigenvalue weighted by Gasteiger charge is -2.36. The fourth-order valence-electron chi connectivity index (χ4n) is 2.88. The molecule has 0 saturated carbocycles. The van der Waals surface area contributed by atoms with Gasteiger partial charge in [-0.1, -0.05) is 26.8 Å². The van der Waals surface area contributed by atoms with Crippen molar-refractivity contribution in [2.24, 2.45) is 5.41 Å². The number of hydrogen-bond donors (Lipinski definition) is 1. The lowest BCUT2D eigenvalue weighted by atomic mass is 9.77. The molecule has 2 aromatic heterocycles. The Balaban J connectivity index is 2.08. The summed E-state index contributed by atoms with van der Waals surface area (Å²) < 4.78 is 11.4.